The number of hydrogen-bond acceptors (Lipinski definition) is 5. The summed E-state index contributed by atoms with van der Waals surface area (Å²) in [5.41, 5.74) is 0. The van der Waals surface area contributed by atoms with E-state index >= 15 is 0 Å². The Labute approximate surface area is 309 Å². The number of carbonyl (C=O) groups excluding carboxylic acids is 2. The van der Waals surface area contributed by atoms with Crippen molar-refractivity contribution in [1.82, 2.24) is 5.32 Å². The molecule has 0 aliphatic carbocycles. The Bertz CT molecular complexity index is 838. The van der Waals surface area contributed by atoms with Gasteiger partial charge in [0, 0.05) is 6.42 Å². The molecule has 0 aliphatic heterocycles. The van der Waals surface area contributed by atoms with Crippen LogP contribution in [0.1, 0.15) is 207 Å². The first-order valence-corrected chi connectivity index (χ1v) is 21.2. The third-order valence-corrected chi connectivity index (χ3v) is 9.54. The minimum absolute atomic E-state index is 0.0707. The average Bonchev–Trinajstić information content (AvgIpc) is 3.10. The second-order valence-electron chi connectivity index (χ2n) is 14.4. The highest BCUT2D eigenvalue weighted by atomic mass is 16.5. The summed E-state index contributed by atoms with van der Waals surface area (Å²) in [6.45, 7) is 6.29. The maximum atomic E-state index is 13.0. The molecule has 0 aromatic heterocycles. The van der Waals surface area contributed by atoms with Crippen molar-refractivity contribution in [3.05, 3.63) is 36.5 Å². The Morgan fingerprint density at radius 2 is 1.08 bits per heavy atom. The number of allylic oxidation sites excluding steroid dienone is 6. The number of aliphatic hydroxyl groups excluding tert-OH is 2. The fourth-order valence-corrected chi connectivity index (χ4v) is 6.31. The molecule has 3 N–H and O–H groups in total. The summed E-state index contributed by atoms with van der Waals surface area (Å²) >= 11 is 0. The fraction of sp³-hybridized carbons (Fsp3) is 0.818. The number of nitrogens with one attached hydrogen (secondary N) is 1. The van der Waals surface area contributed by atoms with Gasteiger partial charge >= 0.3 is 5.97 Å². The zero-order valence-electron chi connectivity index (χ0n) is 33.0. The van der Waals surface area contributed by atoms with Crippen molar-refractivity contribution < 1.29 is 24.5 Å². The molecule has 0 bridgehead atoms. The summed E-state index contributed by atoms with van der Waals surface area (Å²) in [7, 11) is 0. The SMILES string of the molecule is CC/C=C/C=C/C=C\CCCCCCCC(=O)OC(CCCCCCCCCC)CC(=O)NC(CO)C(O)CCCCCCCCCCCC. The first kappa shape index (κ1) is 48.1. The molecule has 0 saturated heterocycles. The van der Waals surface area contributed by atoms with Crippen molar-refractivity contribution in [3.8, 4) is 0 Å². The van der Waals surface area contributed by atoms with Crippen molar-refractivity contribution >= 4 is 11.9 Å². The van der Waals surface area contributed by atoms with Gasteiger partial charge in [0.1, 0.15) is 6.10 Å². The number of aliphatic hydroxyl groups is 2. The minimum atomic E-state index is -0.785. The van der Waals surface area contributed by atoms with Gasteiger partial charge in [-0.3, -0.25) is 9.59 Å². The number of amides is 1. The number of ether oxygens (including phenoxy) is 1. The predicted octanol–water partition coefficient (Wildman–Crippen LogP) is 11.8. The van der Waals surface area contributed by atoms with Crippen LogP contribution >= 0.6 is 0 Å². The van der Waals surface area contributed by atoms with Crippen LogP contribution in [0.4, 0.5) is 0 Å². The van der Waals surface area contributed by atoms with E-state index in [1.54, 1.807) is 0 Å². The molecule has 0 aliphatic rings. The lowest BCUT2D eigenvalue weighted by molar-refractivity contribution is -0.151. The summed E-state index contributed by atoms with van der Waals surface area (Å²) in [6.07, 6.45) is 42.1. The first-order valence-electron chi connectivity index (χ1n) is 21.2. The maximum absolute atomic E-state index is 13.0. The van der Waals surface area contributed by atoms with Gasteiger partial charge in [0.15, 0.2) is 0 Å². The zero-order valence-corrected chi connectivity index (χ0v) is 33.0. The summed E-state index contributed by atoms with van der Waals surface area (Å²) in [5, 5.41) is 23.5. The van der Waals surface area contributed by atoms with Crippen molar-refractivity contribution in [1.29, 1.82) is 0 Å². The van der Waals surface area contributed by atoms with Crippen molar-refractivity contribution in [3.63, 3.8) is 0 Å². The van der Waals surface area contributed by atoms with E-state index in [9.17, 15) is 19.8 Å². The Balaban J connectivity index is 4.56. The molecule has 0 fully saturated rings. The second-order valence-corrected chi connectivity index (χ2v) is 14.4. The van der Waals surface area contributed by atoms with Gasteiger partial charge in [0.05, 0.1) is 25.2 Å². The molecule has 0 heterocycles. The van der Waals surface area contributed by atoms with Crippen LogP contribution in [0.2, 0.25) is 0 Å². The van der Waals surface area contributed by atoms with Gasteiger partial charge in [-0.15, -0.1) is 0 Å². The lowest BCUT2D eigenvalue weighted by Gasteiger charge is -2.24. The van der Waals surface area contributed by atoms with Crippen LogP contribution < -0.4 is 5.32 Å². The molecular weight excluding hydrogens is 622 g/mol. The molecule has 3 unspecified atom stereocenters. The Hall–Kier alpha value is -1.92. The monoisotopic (exact) mass is 704 g/mol. The molecule has 6 nitrogen and oxygen atoms in total. The smallest absolute Gasteiger partial charge is 0.306 e. The highest BCUT2D eigenvalue weighted by Crippen LogP contribution is 2.17. The molecule has 3 atom stereocenters. The maximum Gasteiger partial charge on any atom is 0.306 e. The average molecular weight is 704 g/mol. The van der Waals surface area contributed by atoms with Gasteiger partial charge in [0.25, 0.3) is 0 Å². The molecular formula is C44H81NO5. The van der Waals surface area contributed by atoms with Crippen molar-refractivity contribution in [2.24, 2.45) is 0 Å². The lowest BCUT2D eigenvalue weighted by atomic mass is 10.0. The third kappa shape index (κ3) is 33.2. The van der Waals surface area contributed by atoms with Gasteiger partial charge in [-0.05, 0) is 44.9 Å². The normalized spacial score (nSPS) is 13.8. The molecule has 292 valence electrons. The second kappa shape index (κ2) is 38.3. The van der Waals surface area contributed by atoms with Crippen molar-refractivity contribution in [2.45, 2.75) is 225 Å². The minimum Gasteiger partial charge on any atom is -0.462 e. The number of rotatable bonds is 37. The summed E-state index contributed by atoms with van der Waals surface area (Å²) in [5.74, 6) is -0.501. The highest BCUT2D eigenvalue weighted by molar-refractivity contribution is 5.77. The molecule has 0 rings (SSSR count). The van der Waals surface area contributed by atoms with E-state index in [4.69, 9.17) is 4.74 Å². The van der Waals surface area contributed by atoms with Crippen LogP contribution in [0.3, 0.4) is 0 Å². The van der Waals surface area contributed by atoms with Gasteiger partial charge in [0.2, 0.25) is 5.91 Å². The third-order valence-electron chi connectivity index (χ3n) is 9.54. The van der Waals surface area contributed by atoms with E-state index in [2.05, 4.69) is 62.5 Å². The predicted molar refractivity (Wildman–Crippen MR) is 213 cm³/mol. The van der Waals surface area contributed by atoms with Crippen LogP contribution in [0.25, 0.3) is 0 Å². The molecule has 0 saturated carbocycles. The van der Waals surface area contributed by atoms with Crippen LogP contribution in [0.15, 0.2) is 36.5 Å². The van der Waals surface area contributed by atoms with E-state index in [1.807, 2.05) is 0 Å². The molecule has 1 amide bonds. The van der Waals surface area contributed by atoms with Crippen LogP contribution in [0, 0.1) is 0 Å². The van der Waals surface area contributed by atoms with Gasteiger partial charge in [-0.25, -0.2) is 0 Å². The van der Waals surface area contributed by atoms with Crippen molar-refractivity contribution in [2.75, 3.05) is 6.61 Å². The topological polar surface area (TPSA) is 95.9 Å². The van der Waals surface area contributed by atoms with E-state index in [-0.39, 0.29) is 24.9 Å². The first-order chi connectivity index (χ1) is 24.5. The number of esters is 1. The summed E-state index contributed by atoms with van der Waals surface area (Å²) < 4.78 is 5.86. The Morgan fingerprint density at radius 1 is 0.600 bits per heavy atom. The Kier molecular flexibility index (Phi) is 36.8. The largest absolute Gasteiger partial charge is 0.462 e. The zero-order chi connectivity index (χ0) is 36.8. The van der Waals surface area contributed by atoms with E-state index in [1.165, 1.54) is 77.0 Å². The molecule has 0 spiro atoms. The number of carbonyl (C=O) groups is 2. The number of hydrogen-bond donors (Lipinski definition) is 3. The molecule has 6 heteroatoms. The van der Waals surface area contributed by atoms with E-state index < -0.39 is 18.2 Å². The van der Waals surface area contributed by atoms with Crippen LogP contribution in [-0.4, -0.2) is 46.9 Å². The van der Waals surface area contributed by atoms with Gasteiger partial charge in [-0.1, -0.05) is 186 Å². The van der Waals surface area contributed by atoms with Gasteiger partial charge < -0.3 is 20.3 Å². The molecule has 50 heavy (non-hydrogen) atoms. The van der Waals surface area contributed by atoms with E-state index in [0.29, 0.717) is 19.3 Å². The quantitative estimate of drug-likeness (QED) is 0.0340. The van der Waals surface area contributed by atoms with Gasteiger partial charge in [-0.2, -0.15) is 0 Å². The fourth-order valence-electron chi connectivity index (χ4n) is 6.31. The molecule has 0 radical (unpaired) electrons. The standard InChI is InChI=1S/C44H81NO5/c1-4-7-10-13-16-19-21-22-23-25-28-31-34-37-44(49)50-40(35-32-29-26-18-15-12-9-6-3)38-43(48)45-41(39-46)42(47)36-33-30-27-24-20-17-14-11-8-5-2/h7,10,13,16,19,21,40-42,46-47H,4-6,8-9,11-12,14-15,17-18,20,22-39H2,1-3H3,(H,45,48)/b10-7+,16-13+,21-19-. The molecule has 0 aromatic carbocycles. The lowest BCUT2D eigenvalue weighted by Crippen LogP contribution is -2.46. The number of unbranched alkanes of at least 4 members (excludes halogenated alkanes) is 21. The highest BCUT2D eigenvalue weighted by Gasteiger charge is 2.24. The summed E-state index contributed by atoms with van der Waals surface area (Å²) in [4.78, 5) is 25.8. The van der Waals surface area contributed by atoms with Crippen LogP contribution in [-0.2, 0) is 14.3 Å². The molecule has 0 aromatic rings. The van der Waals surface area contributed by atoms with E-state index in [0.717, 1.165) is 83.5 Å². The Morgan fingerprint density at radius 3 is 1.62 bits per heavy atom. The summed E-state index contributed by atoms with van der Waals surface area (Å²) in [6, 6.07) is -0.699. The van der Waals surface area contributed by atoms with Crippen LogP contribution in [0.5, 0.6) is 0 Å².